The molecule has 0 radical (unpaired) electrons. The normalized spacial score (nSPS) is 19.0. The lowest BCUT2D eigenvalue weighted by atomic mass is 9.94. The highest BCUT2D eigenvalue weighted by molar-refractivity contribution is 7.89. The summed E-state index contributed by atoms with van der Waals surface area (Å²) in [6.45, 7) is -0.0302. The van der Waals surface area contributed by atoms with Crippen molar-refractivity contribution in [2.24, 2.45) is 0 Å². The molecule has 35 heavy (non-hydrogen) atoms. The second-order valence-corrected chi connectivity index (χ2v) is 10.9. The number of alkyl halides is 3. The molecule has 0 bridgehead atoms. The molecule has 11 heteroatoms. The Hall–Kier alpha value is -2.59. The molecular weight excluding hydrogens is 524 g/mol. The maximum absolute atomic E-state index is 13.3. The summed E-state index contributed by atoms with van der Waals surface area (Å²) < 4.78 is 66.4. The molecule has 0 spiro atoms. The van der Waals surface area contributed by atoms with Crippen molar-refractivity contribution in [2.45, 2.75) is 23.0 Å². The first-order chi connectivity index (χ1) is 16.4. The Morgan fingerprint density at radius 1 is 0.914 bits per heavy atom. The number of rotatable bonds is 5. The van der Waals surface area contributed by atoms with E-state index in [0.717, 1.165) is 29.8 Å². The number of carbonyl (C=O) groups is 1. The van der Waals surface area contributed by atoms with Crippen LogP contribution in [0.1, 0.15) is 27.4 Å². The molecule has 0 saturated carbocycles. The van der Waals surface area contributed by atoms with E-state index in [1.165, 1.54) is 22.5 Å². The van der Waals surface area contributed by atoms with Gasteiger partial charge in [0.2, 0.25) is 10.0 Å². The van der Waals surface area contributed by atoms with Gasteiger partial charge in [-0.3, -0.25) is 4.79 Å². The first-order valence-corrected chi connectivity index (χ1v) is 12.6. The summed E-state index contributed by atoms with van der Waals surface area (Å²) in [5, 5.41) is 3.43. The minimum atomic E-state index is -4.58. The third-order valence-corrected chi connectivity index (χ3v) is 8.06. The Morgan fingerprint density at radius 2 is 1.51 bits per heavy atom. The van der Waals surface area contributed by atoms with Crippen molar-refractivity contribution in [3.8, 4) is 0 Å². The zero-order chi connectivity index (χ0) is 25.4. The summed E-state index contributed by atoms with van der Waals surface area (Å²) in [6, 6.07) is 16.2. The van der Waals surface area contributed by atoms with Gasteiger partial charge >= 0.3 is 6.18 Å². The number of hydrogen-bond donors (Lipinski definition) is 1. The lowest BCUT2D eigenvalue weighted by Crippen LogP contribution is -2.40. The molecule has 1 saturated heterocycles. The summed E-state index contributed by atoms with van der Waals surface area (Å²) in [5.41, 5.74) is 0.0933. The Morgan fingerprint density at radius 3 is 2.09 bits per heavy atom. The van der Waals surface area contributed by atoms with Crippen molar-refractivity contribution < 1.29 is 26.4 Å². The Bertz CT molecular complexity index is 1310. The molecule has 3 aromatic carbocycles. The van der Waals surface area contributed by atoms with Crippen LogP contribution in [0.5, 0.6) is 0 Å². The molecule has 0 aromatic heterocycles. The van der Waals surface area contributed by atoms with Crippen LogP contribution in [-0.2, 0) is 16.2 Å². The number of amides is 1. The number of nitrogens with one attached hydrogen (secondary N) is 1. The fraction of sp³-hybridized carbons (Fsp3) is 0.208. The molecule has 2 unspecified atom stereocenters. The van der Waals surface area contributed by atoms with E-state index in [9.17, 15) is 26.4 Å². The van der Waals surface area contributed by atoms with E-state index in [1.54, 1.807) is 12.1 Å². The number of sulfonamides is 1. The van der Waals surface area contributed by atoms with E-state index in [0.29, 0.717) is 0 Å². The summed E-state index contributed by atoms with van der Waals surface area (Å²) >= 11 is 12.0. The van der Waals surface area contributed by atoms with Crippen molar-refractivity contribution >= 4 is 39.1 Å². The van der Waals surface area contributed by atoms with Gasteiger partial charge in [0.25, 0.3) is 5.91 Å². The van der Waals surface area contributed by atoms with Crippen LogP contribution < -0.4 is 5.32 Å². The largest absolute Gasteiger partial charge is 0.416 e. The smallest absolute Gasteiger partial charge is 0.347 e. The monoisotopic (exact) mass is 542 g/mol. The average molecular weight is 543 g/mol. The quantitative estimate of drug-likeness (QED) is 0.456. The van der Waals surface area contributed by atoms with E-state index in [4.69, 9.17) is 23.2 Å². The average Bonchev–Trinajstić information content (AvgIpc) is 3.23. The molecule has 1 aliphatic rings. The molecule has 1 amide bonds. The van der Waals surface area contributed by atoms with Crippen molar-refractivity contribution in [1.82, 2.24) is 9.62 Å². The number of nitrogens with zero attached hydrogens (tertiary/aromatic N) is 1. The molecular formula is C24H19Cl2F3N2O3S. The van der Waals surface area contributed by atoms with E-state index >= 15 is 0 Å². The third kappa shape index (κ3) is 5.64. The molecule has 1 fully saturated rings. The van der Waals surface area contributed by atoms with Crippen LogP contribution in [0.25, 0.3) is 0 Å². The van der Waals surface area contributed by atoms with Crippen LogP contribution in [0.15, 0.2) is 77.7 Å². The minimum Gasteiger partial charge on any atom is -0.347 e. The van der Waals surface area contributed by atoms with Crippen LogP contribution >= 0.6 is 23.2 Å². The van der Waals surface area contributed by atoms with E-state index in [2.05, 4.69) is 5.32 Å². The lowest BCUT2D eigenvalue weighted by molar-refractivity contribution is -0.137. The summed E-state index contributed by atoms with van der Waals surface area (Å²) in [6.07, 6.45) is -4.58. The third-order valence-electron chi connectivity index (χ3n) is 5.77. The van der Waals surface area contributed by atoms with Gasteiger partial charge in [-0.15, -0.1) is 0 Å². The van der Waals surface area contributed by atoms with Crippen molar-refractivity contribution in [3.63, 3.8) is 0 Å². The van der Waals surface area contributed by atoms with Crippen LogP contribution in [0.3, 0.4) is 0 Å². The predicted molar refractivity (Wildman–Crippen MR) is 127 cm³/mol. The van der Waals surface area contributed by atoms with Crippen LogP contribution in [-0.4, -0.2) is 37.8 Å². The fourth-order valence-electron chi connectivity index (χ4n) is 4.05. The van der Waals surface area contributed by atoms with Gasteiger partial charge in [0.1, 0.15) is 0 Å². The molecule has 2 atom stereocenters. The topological polar surface area (TPSA) is 66.5 Å². The lowest BCUT2D eigenvalue weighted by Gasteiger charge is -2.20. The number of hydrogen-bond acceptors (Lipinski definition) is 3. The van der Waals surface area contributed by atoms with E-state index < -0.39 is 33.7 Å². The van der Waals surface area contributed by atoms with Gasteiger partial charge in [-0.25, -0.2) is 8.42 Å². The van der Waals surface area contributed by atoms with Gasteiger partial charge < -0.3 is 5.32 Å². The SMILES string of the molecule is O=C(NC1CN(S(=O)(=O)c2ccc(C(F)(F)F)cc2)CC1c1ccccc1)c1cc(Cl)cc(Cl)c1. The first-order valence-electron chi connectivity index (χ1n) is 10.4. The standard InChI is InChI=1S/C24H19Cl2F3N2O3S/c25-18-10-16(11-19(26)12-18)23(32)30-22-14-31(13-21(22)15-4-2-1-3-5-15)35(33,34)20-8-6-17(7-9-20)24(27,28)29/h1-12,21-22H,13-14H2,(H,30,32). The van der Waals surface area contributed by atoms with Crippen molar-refractivity contribution in [3.05, 3.63) is 99.5 Å². The first kappa shape index (κ1) is 25.5. The van der Waals surface area contributed by atoms with Crippen molar-refractivity contribution in [2.75, 3.05) is 13.1 Å². The molecule has 5 nitrogen and oxygen atoms in total. The molecule has 1 N–H and O–H groups in total. The van der Waals surface area contributed by atoms with Gasteiger partial charge in [0.05, 0.1) is 16.5 Å². The van der Waals surface area contributed by atoms with Crippen molar-refractivity contribution in [1.29, 1.82) is 0 Å². The highest BCUT2D eigenvalue weighted by Crippen LogP contribution is 2.34. The molecule has 4 rings (SSSR count). The van der Waals surface area contributed by atoms with Gasteiger partial charge in [0.15, 0.2) is 0 Å². The maximum atomic E-state index is 13.3. The summed E-state index contributed by atoms with van der Waals surface area (Å²) in [5.74, 6) is -0.867. The molecule has 0 aliphatic carbocycles. The second kappa shape index (κ2) is 9.81. The predicted octanol–water partition coefficient (Wildman–Crippen LogP) is 5.60. The maximum Gasteiger partial charge on any atom is 0.416 e. The van der Waals surface area contributed by atoms with Gasteiger partial charge in [-0.05, 0) is 48.0 Å². The minimum absolute atomic E-state index is 0.0363. The summed E-state index contributed by atoms with van der Waals surface area (Å²) in [7, 11) is -4.12. The molecule has 3 aromatic rings. The number of halogens is 5. The fourth-order valence-corrected chi connectivity index (χ4v) is 6.07. The van der Waals surface area contributed by atoms with Gasteiger partial charge in [0, 0.05) is 34.6 Å². The number of carbonyl (C=O) groups excluding carboxylic acids is 1. The Kier molecular flexibility index (Phi) is 7.15. The zero-order valence-electron chi connectivity index (χ0n) is 18.0. The highest BCUT2D eigenvalue weighted by atomic mass is 35.5. The highest BCUT2D eigenvalue weighted by Gasteiger charge is 2.41. The van der Waals surface area contributed by atoms with Crippen LogP contribution in [0.2, 0.25) is 10.0 Å². The van der Waals surface area contributed by atoms with Crippen LogP contribution in [0, 0.1) is 0 Å². The van der Waals surface area contributed by atoms with Gasteiger partial charge in [-0.2, -0.15) is 17.5 Å². The Labute approximate surface area is 210 Å². The number of benzene rings is 3. The molecule has 184 valence electrons. The second-order valence-electron chi connectivity index (χ2n) is 8.10. The molecule has 1 aliphatic heterocycles. The summed E-state index contributed by atoms with van der Waals surface area (Å²) in [4.78, 5) is 12.7. The molecule has 1 heterocycles. The van der Waals surface area contributed by atoms with Crippen LogP contribution in [0.4, 0.5) is 13.2 Å². The zero-order valence-corrected chi connectivity index (χ0v) is 20.3. The van der Waals surface area contributed by atoms with Gasteiger partial charge in [-0.1, -0.05) is 53.5 Å². The Balaban J connectivity index is 1.62. The van der Waals surface area contributed by atoms with E-state index in [1.807, 2.05) is 18.2 Å². The van der Waals surface area contributed by atoms with E-state index in [-0.39, 0.29) is 39.5 Å².